The lowest BCUT2D eigenvalue weighted by Gasteiger charge is -2.24. The molecule has 1 fully saturated rings. The number of nitrogens with two attached hydrogens (primary N) is 1. The Bertz CT molecular complexity index is 410. The highest BCUT2D eigenvalue weighted by atomic mass is 16.3. The van der Waals surface area contributed by atoms with Crippen molar-refractivity contribution in [1.29, 1.82) is 0 Å². The van der Waals surface area contributed by atoms with E-state index in [0.717, 1.165) is 5.56 Å². The van der Waals surface area contributed by atoms with Gasteiger partial charge in [-0.15, -0.1) is 0 Å². The Balaban J connectivity index is 1.97. The van der Waals surface area contributed by atoms with Gasteiger partial charge >= 0.3 is 0 Å². The number of hydrogen-bond acceptors (Lipinski definition) is 4. The van der Waals surface area contributed by atoms with Gasteiger partial charge in [-0.1, -0.05) is 30.3 Å². The molecule has 5 nitrogen and oxygen atoms in total. The minimum Gasteiger partial charge on any atom is -0.388 e. The predicted octanol–water partition coefficient (Wildman–Crippen LogP) is -0.532. The summed E-state index contributed by atoms with van der Waals surface area (Å²) in [7, 11) is 0. The Morgan fingerprint density at radius 2 is 2.06 bits per heavy atom. The molecule has 98 valence electrons. The van der Waals surface area contributed by atoms with E-state index < -0.39 is 18.4 Å². The Morgan fingerprint density at radius 3 is 2.61 bits per heavy atom. The SMILES string of the molecule is NC(Cc1ccccc1)C(=O)N1CCC(O)C1O. The molecule has 0 aromatic heterocycles. The van der Waals surface area contributed by atoms with Gasteiger partial charge in [0.05, 0.1) is 6.04 Å². The maximum Gasteiger partial charge on any atom is 0.241 e. The molecule has 1 aliphatic heterocycles. The lowest BCUT2D eigenvalue weighted by atomic mass is 10.1. The van der Waals surface area contributed by atoms with Crippen LogP contribution in [0, 0.1) is 0 Å². The van der Waals surface area contributed by atoms with Gasteiger partial charge in [-0.2, -0.15) is 0 Å². The van der Waals surface area contributed by atoms with Gasteiger partial charge in [0.1, 0.15) is 6.10 Å². The molecule has 1 aromatic carbocycles. The minimum atomic E-state index is -1.13. The summed E-state index contributed by atoms with van der Waals surface area (Å²) in [6.07, 6.45) is -1.17. The smallest absolute Gasteiger partial charge is 0.241 e. The molecule has 1 aromatic rings. The standard InChI is InChI=1S/C13H18N2O3/c14-10(8-9-4-2-1-3-5-9)12(17)15-7-6-11(16)13(15)18/h1-5,10-11,13,16,18H,6-8,14H2. The Kier molecular flexibility index (Phi) is 3.96. The molecule has 3 atom stereocenters. The Labute approximate surface area is 106 Å². The summed E-state index contributed by atoms with van der Waals surface area (Å²) in [6.45, 7) is 0.351. The number of aliphatic hydroxyl groups excluding tert-OH is 2. The molecule has 1 aliphatic rings. The van der Waals surface area contributed by atoms with Crippen molar-refractivity contribution in [2.24, 2.45) is 5.73 Å². The van der Waals surface area contributed by atoms with Crippen LogP contribution in [0.25, 0.3) is 0 Å². The van der Waals surface area contributed by atoms with Crippen LogP contribution in [0.2, 0.25) is 0 Å². The van der Waals surface area contributed by atoms with E-state index in [1.807, 2.05) is 30.3 Å². The van der Waals surface area contributed by atoms with E-state index in [1.54, 1.807) is 0 Å². The molecule has 1 amide bonds. The highest BCUT2D eigenvalue weighted by Crippen LogP contribution is 2.17. The number of amides is 1. The van der Waals surface area contributed by atoms with E-state index in [-0.39, 0.29) is 5.91 Å². The number of rotatable bonds is 3. The summed E-state index contributed by atoms with van der Waals surface area (Å²) in [6, 6.07) is 8.80. The summed E-state index contributed by atoms with van der Waals surface area (Å²) < 4.78 is 0. The van der Waals surface area contributed by atoms with E-state index in [2.05, 4.69) is 0 Å². The molecule has 18 heavy (non-hydrogen) atoms. The fourth-order valence-corrected chi connectivity index (χ4v) is 2.17. The molecule has 3 unspecified atom stereocenters. The summed E-state index contributed by atoms with van der Waals surface area (Å²) in [5, 5.41) is 19.0. The minimum absolute atomic E-state index is 0.317. The van der Waals surface area contributed by atoms with Crippen molar-refractivity contribution in [1.82, 2.24) is 4.90 Å². The van der Waals surface area contributed by atoms with Crippen LogP contribution in [0.5, 0.6) is 0 Å². The molecule has 0 bridgehead atoms. The third kappa shape index (κ3) is 2.69. The van der Waals surface area contributed by atoms with Crippen molar-refractivity contribution in [3.05, 3.63) is 35.9 Å². The first-order chi connectivity index (χ1) is 8.59. The maximum absolute atomic E-state index is 12.0. The van der Waals surface area contributed by atoms with Crippen LogP contribution in [0.15, 0.2) is 30.3 Å². The fraction of sp³-hybridized carbons (Fsp3) is 0.462. The van der Waals surface area contributed by atoms with Crippen molar-refractivity contribution in [2.45, 2.75) is 31.2 Å². The first kappa shape index (κ1) is 13.0. The van der Waals surface area contributed by atoms with Crippen LogP contribution in [-0.4, -0.2) is 45.9 Å². The van der Waals surface area contributed by atoms with E-state index >= 15 is 0 Å². The van der Waals surface area contributed by atoms with Gasteiger partial charge in [0.25, 0.3) is 0 Å². The number of likely N-dealkylation sites (tertiary alicyclic amines) is 1. The molecule has 0 aliphatic carbocycles. The predicted molar refractivity (Wildman–Crippen MR) is 66.5 cm³/mol. The number of benzene rings is 1. The van der Waals surface area contributed by atoms with Crippen LogP contribution in [0.1, 0.15) is 12.0 Å². The molecule has 1 saturated heterocycles. The molecule has 0 radical (unpaired) electrons. The summed E-state index contributed by atoms with van der Waals surface area (Å²) in [4.78, 5) is 13.3. The van der Waals surface area contributed by atoms with Crippen LogP contribution in [0.3, 0.4) is 0 Å². The van der Waals surface area contributed by atoms with Crippen molar-refractivity contribution < 1.29 is 15.0 Å². The van der Waals surface area contributed by atoms with Crippen molar-refractivity contribution in [3.8, 4) is 0 Å². The monoisotopic (exact) mass is 250 g/mol. The zero-order valence-electron chi connectivity index (χ0n) is 10.1. The van der Waals surface area contributed by atoms with Crippen LogP contribution in [-0.2, 0) is 11.2 Å². The Morgan fingerprint density at radius 1 is 1.39 bits per heavy atom. The fourth-order valence-electron chi connectivity index (χ4n) is 2.17. The molecule has 2 rings (SSSR count). The average molecular weight is 250 g/mol. The van der Waals surface area contributed by atoms with Crippen molar-refractivity contribution in [3.63, 3.8) is 0 Å². The van der Waals surface area contributed by atoms with Gasteiger partial charge in [-0.05, 0) is 18.4 Å². The van der Waals surface area contributed by atoms with E-state index in [1.165, 1.54) is 4.90 Å². The molecule has 0 saturated carbocycles. The number of hydrogen-bond donors (Lipinski definition) is 3. The average Bonchev–Trinajstić information content (AvgIpc) is 2.70. The molecule has 1 heterocycles. The number of aliphatic hydroxyl groups is 2. The quantitative estimate of drug-likeness (QED) is 0.673. The van der Waals surface area contributed by atoms with Gasteiger partial charge < -0.3 is 20.8 Å². The highest BCUT2D eigenvalue weighted by Gasteiger charge is 2.36. The maximum atomic E-state index is 12.0. The van der Waals surface area contributed by atoms with Crippen LogP contribution in [0.4, 0.5) is 0 Å². The molecular formula is C13H18N2O3. The van der Waals surface area contributed by atoms with E-state index in [0.29, 0.717) is 19.4 Å². The lowest BCUT2D eigenvalue weighted by molar-refractivity contribution is -0.143. The molecule has 0 spiro atoms. The van der Waals surface area contributed by atoms with Gasteiger partial charge in [0.2, 0.25) is 5.91 Å². The van der Waals surface area contributed by atoms with Crippen LogP contribution >= 0.6 is 0 Å². The molecule has 4 N–H and O–H groups in total. The third-order valence-electron chi connectivity index (χ3n) is 3.23. The van der Waals surface area contributed by atoms with Gasteiger partial charge in [-0.3, -0.25) is 4.79 Å². The number of carbonyl (C=O) groups excluding carboxylic acids is 1. The second-order valence-corrected chi connectivity index (χ2v) is 4.60. The third-order valence-corrected chi connectivity index (χ3v) is 3.23. The van der Waals surface area contributed by atoms with Crippen molar-refractivity contribution in [2.75, 3.05) is 6.54 Å². The normalized spacial score (nSPS) is 25.2. The van der Waals surface area contributed by atoms with Gasteiger partial charge in [0.15, 0.2) is 6.23 Å². The first-order valence-corrected chi connectivity index (χ1v) is 6.05. The van der Waals surface area contributed by atoms with Gasteiger partial charge in [0, 0.05) is 6.54 Å². The number of nitrogens with zero attached hydrogens (tertiary/aromatic N) is 1. The Hall–Kier alpha value is -1.43. The van der Waals surface area contributed by atoms with E-state index in [9.17, 15) is 15.0 Å². The zero-order chi connectivity index (χ0) is 13.1. The second kappa shape index (κ2) is 5.48. The second-order valence-electron chi connectivity index (χ2n) is 4.60. The zero-order valence-corrected chi connectivity index (χ0v) is 10.1. The summed E-state index contributed by atoms with van der Waals surface area (Å²) in [5.74, 6) is -0.317. The lowest BCUT2D eigenvalue weighted by Crippen LogP contribution is -2.48. The highest BCUT2D eigenvalue weighted by molar-refractivity contribution is 5.82. The van der Waals surface area contributed by atoms with Gasteiger partial charge in [-0.25, -0.2) is 0 Å². The van der Waals surface area contributed by atoms with E-state index in [4.69, 9.17) is 5.73 Å². The molecular weight excluding hydrogens is 232 g/mol. The first-order valence-electron chi connectivity index (χ1n) is 6.05. The molecule has 5 heteroatoms. The summed E-state index contributed by atoms with van der Waals surface area (Å²) in [5.41, 5.74) is 6.83. The van der Waals surface area contributed by atoms with Crippen LogP contribution < -0.4 is 5.73 Å². The largest absolute Gasteiger partial charge is 0.388 e. The topological polar surface area (TPSA) is 86.8 Å². The summed E-state index contributed by atoms with van der Waals surface area (Å²) >= 11 is 0. The van der Waals surface area contributed by atoms with Crippen molar-refractivity contribution >= 4 is 5.91 Å². The number of carbonyl (C=O) groups is 1.